The third-order valence-corrected chi connectivity index (χ3v) is 5.64. The Labute approximate surface area is 206 Å². The van der Waals surface area contributed by atoms with Gasteiger partial charge < -0.3 is 14.8 Å². The quantitative estimate of drug-likeness (QED) is 0.310. The minimum absolute atomic E-state index is 0.246. The molecule has 1 aromatic heterocycles. The van der Waals surface area contributed by atoms with Crippen LogP contribution in [0.25, 0.3) is 16.7 Å². The average Bonchev–Trinajstić information content (AvgIpc) is 3.32. The average molecular weight is 485 g/mol. The molecule has 8 heteroatoms. The van der Waals surface area contributed by atoms with Crippen molar-refractivity contribution in [2.24, 2.45) is 0 Å². The molecule has 1 heterocycles. The van der Waals surface area contributed by atoms with E-state index in [4.69, 9.17) is 21.1 Å². The highest BCUT2D eigenvalue weighted by Crippen LogP contribution is 2.27. The molecule has 7 nitrogen and oxygen atoms in total. The van der Waals surface area contributed by atoms with Crippen LogP contribution in [0.15, 0.2) is 91.0 Å². The highest BCUT2D eigenvalue weighted by atomic mass is 35.5. The van der Waals surface area contributed by atoms with Crippen molar-refractivity contribution in [2.75, 3.05) is 12.4 Å². The van der Waals surface area contributed by atoms with E-state index in [1.54, 1.807) is 55.6 Å². The van der Waals surface area contributed by atoms with Crippen molar-refractivity contribution < 1.29 is 14.3 Å². The highest BCUT2D eigenvalue weighted by molar-refractivity contribution is 6.32. The summed E-state index contributed by atoms with van der Waals surface area (Å²) >= 11 is 6.23. The molecule has 0 aliphatic rings. The molecule has 0 aliphatic carbocycles. The van der Waals surface area contributed by atoms with Gasteiger partial charge in [0.25, 0.3) is 5.91 Å². The number of nitrogens with zero attached hydrogens (tertiary/aromatic N) is 3. The fraction of sp³-hybridized carbons (Fsp3) is 0.0741. The van der Waals surface area contributed by atoms with Gasteiger partial charge in [0.05, 0.1) is 17.8 Å². The second-order valence-electron chi connectivity index (χ2n) is 7.77. The summed E-state index contributed by atoms with van der Waals surface area (Å²) in [7, 11) is 1.56. The summed E-state index contributed by atoms with van der Waals surface area (Å²) in [4.78, 5) is 14.4. The maximum atomic E-state index is 12.9. The van der Waals surface area contributed by atoms with E-state index in [1.807, 2.05) is 42.5 Å². The molecule has 0 saturated heterocycles. The first kappa shape index (κ1) is 22.4. The number of fused-ring (bicyclic) bond motifs is 1. The number of aromatic nitrogens is 3. The van der Waals surface area contributed by atoms with E-state index < -0.39 is 0 Å². The number of halogens is 1. The van der Waals surface area contributed by atoms with Crippen molar-refractivity contribution >= 4 is 34.2 Å². The summed E-state index contributed by atoms with van der Waals surface area (Å²) in [5.74, 6) is 0.952. The molecule has 0 radical (unpaired) electrons. The number of anilines is 1. The fourth-order valence-electron chi connectivity index (χ4n) is 3.56. The number of hydrogen-bond acceptors (Lipinski definition) is 5. The van der Waals surface area contributed by atoms with E-state index in [9.17, 15) is 4.79 Å². The largest absolute Gasteiger partial charge is 0.495 e. The minimum atomic E-state index is -0.246. The van der Waals surface area contributed by atoms with Gasteiger partial charge in [-0.3, -0.25) is 4.79 Å². The Hall–Kier alpha value is -4.36. The molecule has 0 atom stereocenters. The van der Waals surface area contributed by atoms with Crippen LogP contribution in [0.4, 0.5) is 5.69 Å². The van der Waals surface area contributed by atoms with Gasteiger partial charge in [0.1, 0.15) is 29.1 Å². The molecule has 1 N–H and O–H groups in total. The lowest BCUT2D eigenvalue weighted by Crippen LogP contribution is -2.12. The van der Waals surface area contributed by atoms with E-state index in [-0.39, 0.29) is 5.91 Å². The van der Waals surface area contributed by atoms with E-state index in [1.165, 1.54) is 4.80 Å². The predicted octanol–water partition coefficient (Wildman–Crippen LogP) is 5.91. The molecule has 5 aromatic rings. The summed E-state index contributed by atoms with van der Waals surface area (Å²) in [5.41, 5.74) is 4.18. The fourth-order valence-corrected chi connectivity index (χ4v) is 3.81. The molecule has 0 saturated carbocycles. The molecule has 5 rings (SSSR count). The monoisotopic (exact) mass is 484 g/mol. The number of methoxy groups -OCH3 is 1. The number of hydrogen-bond donors (Lipinski definition) is 1. The Morgan fingerprint density at radius 2 is 1.74 bits per heavy atom. The summed E-state index contributed by atoms with van der Waals surface area (Å²) in [6.07, 6.45) is 0. The van der Waals surface area contributed by atoms with Crippen molar-refractivity contribution in [1.29, 1.82) is 0 Å². The first-order valence-corrected chi connectivity index (χ1v) is 11.3. The molecule has 35 heavy (non-hydrogen) atoms. The van der Waals surface area contributed by atoms with Crippen molar-refractivity contribution in [3.63, 3.8) is 0 Å². The summed E-state index contributed by atoms with van der Waals surface area (Å²) in [6, 6.07) is 27.6. The van der Waals surface area contributed by atoms with Crippen LogP contribution in [-0.2, 0) is 6.61 Å². The van der Waals surface area contributed by atoms with Crippen molar-refractivity contribution in [1.82, 2.24) is 15.0 Å². The molecular formula is C27H21ClN4O3. The van der Waals surface area contributed by atoms with Gasteiger partial charge in [-0.1, -0.05) is 48.0 Å². The third kappa shape index (κ3) is 5.10. The zero-order valence-corrected chi connectivity index (χ0v) is 19.6. The molecule has 0 bridgehead atoms. The Morgan fingerprint density at radius 1 is 0.914 bits per heavy atom. The van der Waals surface area contributed by atoms with Gasteiger partial charge in [-0.25, -0.2) is 0 Å². The van der Waals surface area contributed by atoms with Crippen LogP contribution in [0, 0.1) is 0 Å². The molecule has 0 unspecified atom stereocenters. The number of rotatable bonds is 7. The molecule has 4 aromatic carbocycles. The van der Waals surface area contributed by atoms with Crippen molar-refractivity contribution in [2.45, 2.75) is 6.61 Å². The first-order chi connectivity index (χ1) is 17.1. The number of benzene rings is 4. The Morgan fingerprint density at radius 3 is 2.54 bits per heavy atom. The minimum Gasteiger partial charge on any atom is -0.495 e. The van der Waals surface area contributed by atoms with E-state index in [0.717, 1.165) is 5.56 Å². The Balaban J connectivity index is 1.30. The summed E-state index contributed by atoms with van der Waals surface area (Å²) in [5, 5.41) is 12.4. The Kier molecular flexibility index (Phi) is 6.32. The molecule has 0 fully saturated rings. The number of amides is 1. The summed E-state index contributed by atoms with van der Waals surface area (Å²) in [6.45, 7) is 0.428. The predicted molar refractivity (Wildman–Crippen MR) is 136 cm³/mol. The Bertz CT molecular complexity index is 1500. The number of carbonyl (C=O) groups excluding carboxylic acids is 1. The third-order valence-electron chi connectivity index (χ3n) is 5.35. The van der Waals surface area contributed by atoms with Gasteiger partial charge in [-0.15, -0.1) is 10.2 Å². The van der Waals surface area contributed by atoms with Gasteiger partial charge in [-0.2, -0.15) is 4.80 Å². The second-order valence-corrected chi connectivity index (χ2v) is 8.18. The van der Waals surface area contributed by atoms with Crippen LogP contribution >= 0.6 is 11.6 Å². The van der Waals surface area contributed by atoms with Crippen LogP contribution < -0.4 is 14.8 Å². The zero-order valence-electron chi connectivity index (χ0n) is 18.8. The molecule has 0 aliphatic heterocycles. The van der Waals surface area contributed by atoms with Crippen LogP contribution in [0.2, 0.25) is 5.02 Å². The van der Waals surface area contributed by atoms with Crippen LogP contribution in [0.1, 0.15) is 15.9 Å². The van der Waals surface area contributed by atoms with E-state index in [2.05, 4.69) is 15.5 Å². The molecular weight excluding hydrogens is 464 g/mol. The zero-order chi connectivity index (χ0) is 24.2. The molecule has 1 amide bonds. The normalized spacial score (nSPS) is 10.8. The SMILES string of the molecule is COc1ccc(-n2nc3ccc(NC(=O)c4cccc(OCc5ccccc5)c4)cc3n2)cc1Cl. The van der Waals surface area contributed by atoms with Crippen molar-refractivity contribution in [3.8, 4) is 17.2 Å². The maximum Gasteiger partial charge on any atom is 0.255 e. The highest BCUT2D eigenvalue weighted by Gasteiger charge is 2.11. The van der Waals surface area contributed by atoms with E-state index >= 15 is 0 Å². The lowest BCUT2D eigenvalue weighted by molar-refractivity contribution is 0.102. The number of ether oxygens (including phenoxy) is 2. The number of carbonyl (C=O) groups is 1. The second kappa shape index (κ2) is 9.87. The lowest BCUT2D eigenvalue weighted by Gasteiger charge is -2.09. The molecule has 0 spiro atoms. The van der Waals surface area contributed by atoms with Gasteiger partial charge in [-0.05, 0) is 60.2 Å². The van der Waals surface area contributed by atoms with Crippen LogP contribution in [0.5, 0.6) is 11.5 Å². The van der Waals surface area contributed by atoms with Crippen LogP contribution in [-0.4, -0.2) is 28.0 Å². The van der Waals surface area contributed by atoms with Crippen LogP contribution in [0.3, 0.4) is 0 Å². The maximum absolute atomic E-state index is 12.9. The van der Waals surface area contributed by atoms with Gasteiger partial charge in [0.15, 0.2) is 0 Å². The topological polar surface area (TPSA) is 78.3 Å². The van der Waals surface area contributed by atoms with Crippen molar-refractivity contribution in [3.05, 3.63) is 107 Å². The van der Waals surface area contributed by atoms with Gasteiger partial charge in [0, 0.05) is 11.3 Å². The van der Waals surface area contributed by atoms with E-state index in [0.29, 0.717) is 51.1 Å². The lowest BCUT2D eigenvalue weighted by atomic mass is 10.2. The molecule has 174 valence electrons. The number of nitrogens with one attached hydrogen (secondary N) is 1. The smallest absolute Gasteiger partial charge is 0.255 e. The summed E-state index contributed by atoms with van der Waals surface area (Å²) < 4.78 is 11.0. The van der Waals surface area contributed by atoms with Gasteiger partial charge in [0.2, 0.25) is 0 Å². The van der Waals surface area contributed by atoms with Gasteiger partial charge >= 0.3 is 0 Å². The first-order valence-electron chi connectivity index (χ1n) is 10.9. The standard InChI is InChI=1S/C27H21ClN4O3/c1-34-26-13-11-21(16-23(26)28)32-30-24-12-10-20(15-25(24)31-32)29-27(33)19-8-5-9-22(14-19)35-17-18-6-3-2-4-7-18/h2-16H,17H2,1H3,(H,29,33).